The monoisotopic (exact) mass is 293 g/mol. The summed E-state index contributed by atoms with van der Waals surface area (Å²) in [6, 6.07) is 3.92. The first kappa shape index (κ1) is 13.7. The minimum Gasteiger partial charge on any atom is -0.501 e. The fourth-order valence-electron chi connectivity index (χ4n) is 1.41. The van der Waals surface area contributed by atoms with Crippen LogP contribution in [0.3, 0.4) is 0 Å². The maximum absolute atomic E-state index is 5.12. The summed E-state index contributed by atoms with van der Waals surface area (Å²) in [6.07, 6.45) is 5.68. The van der Waals surface area contributed by atoms with Crippen molar-refractivity contribution >= 4 is 21.5 Å². The molecule has 3 heteroatoms. The van der Waals surface area contributed by atoms with E-state index in [1.54, 1.807) is 13.3 Å². The highest BCUT2D eigenvalue weighted by Gasteiger charge is 2.05. The quantitative estimate of drug-likeness (QED) is 0.608. The van der Waals surface area contributed by atoms with E-state index in [0.717, 1.165) is 27.1 Å². The highest BCUT2D eigenvalue weighted by molar-refractivity contribution is 9.10. The van der Waals surface area contributed by atoms with E-state index in [4.69, 9.17) is 4.74 Å². The minimum atomic E-state index is 0.825. The average molecular weight is 294 g/mol. The molecule has 0 bridgehead atoms. The summed E-state index contributed by atoms with van der Waals surface area (Å²) in [5, 5.41) is 0. The Labute approximate surface area is 111 Å². The number of hydrogen-bond acceptors (Lipinski definition) is 2. The maximum atomic E-state index is 5.12. The number of pyridine rings is 1. The van der Waals surface area contributed by atoms with Gasteiger partial charge in [-0.15, -0.1) is 0 Å². The zero-order chi connectivity index (χ0) is 12.8. The number of aromatic nitrogens is 1. The zero-order valence-corrected chi connectivity index (χ0v) is 11.9. The molecule has 0 aliphatic rings. The lowest BCUT2D eigenvalue weighted by Crippen LogP contribution is -1.91. The standard InChI is InChI=1S/C14H16BrNO/c1-5-13(10(2)8-11(3)17-4)14-7-6-12(15)9-16-14/h5-9H,2H2,1,3-4H3/b11-8-,13-5+. The molecule has 0 aliphatic carbocycles. The Morgan fingerprint density at radius 2 is 2.18 bits per heavy atom. The number of ether oxygens (including phenoxy) is 1. The Morgan fingerprint density at radius 1 is 1.47 bits per heavy atom. The van der Waals surface area contributed by atoms with Gasteiger partial charge in [-0.3, -0.25) is 4.98 Å². The Morgan fingerprint density at radius 3 is 2.65 bits per heavy atom. The van der Waals surface area contributed by atoms with E-state index in [9.17, 15) is 0 Å². The van der Waals surface area contributed by atoms with Crippen molar-refractivity contribution in [3.8, 4) is 0 Å². The third kappa shape index (κ3) is 3.86. The van der Waals surface area contributed by atoms with E-state index in [0.29, 0.717) is 0 Å². The molecule has 0 saturated carbocycles. The average Bonchev–Trinajstić information content (AvgIpc) is 2.32. The van der Waals surface area contributed by atoms with Crippen molar-refractivity contribution in [2.24, 2.45) is 0 Å². The molecule has 1 aromatic rings. The molecule has 1 heterocycles. The van der Waals surface area contributed by atoms with Gasteiger partial charge in [-0.1, -0.05) is 12.7 Å². The third-order valence-electron chi connectivity index (χ3n) is 2.34. The third-order valence-corrected chi connectivity index (χ3v) is 2.81. The van der Waals surface area contributed by atoms with E-state index in [1.807, 2.05) is 38.1 Å². The molecule has 0 amide bonds. The molecule has 0 N–H and O–H groups in total. The number of hydrogen-bond donors (Lipinski definition) is 0. The van der Waals surface area contributed by atoms with Gasteiger partial charge in [0.2, 0.25) is 0 Å². The van der Waals surface area contributed by atoms with Crippen LogP contribution in [0.25, 0.3) is 5.57 Å². The lowest BCUT2D eigenvalue weighted by atomic mass is 10.0. The highest BCUT2D eigenvalue weighted by Crippen LogP contribution is 2.23. The molecule has 0 fully saturated rings. The van der Waals surface area contributed by atoms with Gasteiger partial charge >= 0.3 is 0 Å². The zero-order valence-electron chi connectivity index (χ0n) is 10.3. The molecule has 0 aliphatic heterocycles. The molecule has 90 valence electrons. The number of methoxy groups -OCH3 is 1. The van der Waals surface area contributed by atoms with Gasteiger partial charge in [-0.25, -0.2) is 0 Å². The molecule has 2 nitrogen and oxygen atoms in total. The van der Waals surface area contributed by atoms with Crippen molar-refractivity contribution in [1.82, 2.24) is 4.98 Å². The van der Waals surface area contributed by atoms with Gasteiger partial charge in [0, 0.05) is 16.2 Å². The van der Waals surface area contributed by atoms with Crippen molar-refractivity contribution in [3.05, 3.63) is 58.6 Å². The minimum absolute atomic E-state index is 0.825. The second-order valence-corrected chi connectivity index (χ2v) is 4.46. The van der Waals surface area contributed by atoms with E-state index in [-0.39, 0.29) is 0 Å². The summed E-state index contributed by atoms with van der Waals surface area (Å²) in [5.74, 6) is 0.825. The summed E-state index contributed by atoms with van der Waals surface area (Å²) < 4.78 is 6.08. The SMILES string of the molecule is C=C(/C=C(/C)OC)/C(=C\C)c1ccc(Br)cn1. The maximum Gasteiger partial charge on any atom is 0.0930 e. The lowest BCUT2D eigenvalue weighted by Gasteiger charge is -2.08. The van der Waals surface area contributed by atoms with Crippen molar-refractivity contribution in [2.75, 3.05) is 7.11 Å². The van der Waals surface area contributed by atoms with Gasteiger partial charge in [-0.2, -0.15) is 0 Å². The Balaban J connectivity index is 3.01. The summed E-state index contributed by atoms with van der Waals surface area (Å²) in [6.45, 7) is 7.90. The van der Waals surface area contributed by atoms with Crippen LogP contribution in [0.2, 0.25) is 0 Å². The Kier molecular flexibility index (Phi) is 5.16. The molecule has 0 radical (unpaired) electrons. The molecule has 17 heavy (non-hydrogen) atoms. The predicted octanol–water partition coefficient (Wildman–Crippen LogP) is 4.35. The normalized spacial score (nSPS) is 12.5. The second kappa shape index (κ2) is 6.40. The predicted molar refractivity (Wildman–Crippen MR) is 75.5 cm³/mol. The fraction of sp³-hybridized carbons (Fsp3) is 0.214. The van der Waals surface area contributed by atoms with Crippen LogP contribution in [0.15, 0.2) is 52.9 Å². The number of halogens is 1. The van der Waals surface area contributed by atoms with Crippen LogP contribution in [0.4, 0.5) is 0 Å². The molecule has 0 aromatic carbocycles. The highest BCUT2D eigenvalue weighted by atomic mass is 79.9. The van der Waals surface area contributed by atoms with Crippen LogP contribution < -0.4 is 0 Å². The van der Waals surface area contributed by atoms with Gasteiger partial charge in [0.15, 0.2) is 0 Å². The molecule has 0 saturated heterocycles. The summed E-state index contributed by atoms with van der Waals surface area (Å²) in [4.78, 5) is 4.36. The lowest BCUT2D eigenvalue weighted by molar-refractivity contribution is 0.293. The molecule has 1 rings (SSSR count). The van der Waals surface area contributed by atoms with Crippen molar-refractivity contribution < 1.29 is 4.74 Å². The Hall–Kier alpha value is -1.35. The fourth-order valence-corrected chi connectivity index (χ4v) is 1.65. The van der Waals surface area contributed by atoms with Crippen LogP contribution in [-0.4, -0.2) is 12.1 Å². The van der Waals surface area contributed by atoms with Gasteiger partial charge in [0.1, 0.15) is 0 Å². The summed E-state index contributed by atoms with van der Waals surface area (Å²) in [5.41, 5.74) is 2.80. The van der Waals surface area contributed by atoms with Crippen molar-refractivity contribution in [1.29, 1.82) is 0 Å². The van der Waals surface area contributed by atoms with Crippen LogP contribution >= 0.6 is 15.9 Å². The number of rotatable bonds is 4. The van der Waals surface area contributed by atoms with E-state index < -0.39 is 0 Å². The van der Waals surface area contributed by atoms with E-state index >= 15 is 0 Å². The van der Waals surface area contributed by atoms with Crippen LogP contribution in [-0.2, 0) is 4.74 Å². The van der Waals surface area contributed by atoms with Crippen molar-refractivity contribution in [3.63, 3.8) is 0 Å². The first-order chi connectivity index (χ1) is 8.08. The molecular weight excluding hydrogens is 278 g/mol. The molecular formula is C14H16BrNO. The first-order valence-electron chi connectivity index (χ1n) is 5.28. The van der Waals surface area contributed by atoms with Gasteiger partial charge in [0.05, 0.1) is 18.6 Å². The molecule has 0 unspecified atom stereocenters. The molecule has 1 aromatic heterocycles. The summed E-state index contributed by atoms with van der Waals surface area (Å²) in [7, 11) is 1.65. The number of nitrogens with zero attached hydrogens (tertiary/aromatic N) is 1. The first-order valence-corrected chi connectivity index (χ1v) is 6.07. The largest absolute Gasteiger partial charge is 0.501 e. The van der Waals surface area contributed by atoms with E-state index in [1.165, 1.54) is 0 Å². The van der Waals surface area contributed by atoms with Crippen LogP contribution in [0, 0.1) is 0 Å². The van der Waals surface area contributed by atoms with E-state index in [2.05, 4.69) is 27.5 Å². The number of allylic oxidation sites excluding steroid dienone is 5. The van der Waals surface area contributed by atoms with Gasteiger partial charge < -0.3 is 4.74 Å². The van der Waals surface area contributed by atoms with Gasteiger partial charge in [-0.05, 0) is 53.6 Å². The second-order valence-electron chi connectivity index (χ2n) is 3.55. The smallest absolute Gasteiger partial charge is 0.0930 e. The topological polar surface area (TPSA) is 22.1 Å². The Bertz CT molecular complexity index is 458. The molecule has 0 spiro atoms. The summed E-state index contributed by atoms with van der Waals surface area (Å²) >= 11 is 3.37. The van der Waals surface area contributed by atoms with Crippen molar-refractivity contribution in [2.45, 2.75) is 13.8 Å². The molecule has 0 atom stereocenters. The van der Waals surface area contributed by atoms with Crippen LogP contribution in [0.5, 0.6) is 0 Å². The van der Waals surface area contributed by atoms with Crippen LogP contribution in [0.1, 0.15) is 19.5 Å². The van der Waals surface area contributed by atoms with Gasteiger partial charge in [0.25, 0.3) is 0 Å².